The molecule has 0 aromatic heterocycles. The first-order chi connectivity index (χ1) is 9.63. The Kier molecular flexibility index (Phi) is 9.49. The molecule has 1 aliphatic rings. The second-order valence-electron chi connectivity index (χ2n) is 6.70. The van der Waals surface area contributed by atoms with Crippen LogP contribution in [0.25, 0.3) is 0 Å². The van der Waals surface area contributed by atoms with Gasteiger partial charge in [-0.2, -0.15) is 0 Å². The summed E-state index contributed by atoms with van der Waals surface area (Å²) < 4.78 is 0. The molecule has 120 valence electrons. The van der Waals surface area contributed by atoms with Crippen LogP contribution in [0.2, 0.25) is 0 Å². The lowest BCUT2D eigenvalue weighted by Crippen LogP contribution is -2.50. The topological polar surface area (TPSA) is 26.7 Å². The molecule has 2 unspecified atom stereocenters. The van der Waals surface area contributed by atoms with Crippen molar-refractivity contribution in [2.24, 2.45) is 0 Å². The summed E-state index contributed by atoms with van der Waals surface area (Å²) >= 11 is 0. The van der Waals surface area contributed by atoms with Crippen LogP contribution in [0, 0.1) is 0 Å². The molecule has 3 heteroatoms. The smallest absolute Gasteiger partial charge is 0.0555 e. The number of aliphatic hydroxyl groups is 1. The lowest BCUT2D eigenvalue weighted by Gasteiger charge is -2.38. The summed E-state index contributed by atoms with van der Waals surface area (Å²) in [5.41, 5.74) is 0. The Hall–Kier alpha value is -0.120. The lowest BCUT2D eigenvalue weighted by atomic mass is 10.00. The molecule has 0 radical (unpaired) electrons. The third-order valence-corrected chi connectivity index (χ3v) is 4.67. The summed E-state index contributed by atoms with van der Waals surface area (Å²) in [4.78, 5) is 4.79. The van der Waals surface area contributed by atoms with Gasteiger partial charge in [-0.1, -0.05) is 51.9 Å². The van der Waals surface area contributed by atoms with E-state index >= 15 is 0 Å². The van der Waals surface area contributed by atoms with Gasteiger partial charge in [0.05, 0.1) is 6.10 Å². The normalized spacial score (nSPS) is 23.1. The van der Waals surface area contributed by atoms with Crippen molar-refractivity contribution in [3.8, 4) is 0 Å². The first kappa shape index (κ1) is 17.9. The van der Waals surface area contributed by atoms with Gasteiger partial charge in [0.2, 0.25) is 0 Å². The predicted molar refractivity (Wildman–Crippen MR) is 87.1 cm³/mol. The number of unbranched alkanes of at least 4 members (excludes halogenated alkanes) is 6. The number of hydrogen-bond donors (Lipinski definition) is 1. The second kappa shape index (κ2) is 10.6. The minimum Gasteiger partial charge on any atom is -0.393 e. The third kappa shape index (κ3) is 7.61. The fraction of sp³-hybridized carbons (Fsp3) is 1.00. The summed E-state index contributed by atoms with van der Waals surface area (Å²) in [6, 6.07) is 0.535. The quantitative estimate of drug-likeness (QED) is 0.624. The number of likely N-dealkylation sites (N-methyl/N-ethyl adjacent to an activating group) is 2. The van der Waals surface area contributed by atoms with Crippen LogP contribution in [0.5, 0.6) is 0 Å². The standard InChI is InChI=1S/C17H36N2O/c1-4-5-6-7-8-9-10-11-17(20)14-16-15-18(2)12-13-19(16)3/h16-17,20H,4-15H2,1-3H3. The molecule has 0 spiro atoms. The van der Waals surface area contributed by atoms with Crippen molar-refractivity contribution < 1.29 is 5.11 Å². The Bertz CT molecular complexity index is 235. The predicted octanol–water partition coefficient (Wildman–Crippen LogP) is 3.12. The van der Waals surface area contributed by atoms with Gasteiger partial charge in [0.15, 0.2) is 0 Å². The third-order valence-electron chi connectivity index (χ3n) is 4.67. The van der Waals surface area contributed by atoms with Crippen LogP contribution in [0.1, 0.15) is 64.7 Å². The molecule has 0 aromatic carbocycles. The highest BCUT2D eigenvalue weighted by Crippen LogP contribution is 2.16. The summed E-state index contributed by atoms with van der Waals surface area (Å²) in [6.45, 7) is 5.65. The van der Waals surface area contributed by atoms with Crippen LogP contribution in [0.4, 0.5) is 0 Å². The number of nitrogens with zero attached hydrogens (tertiary/aromatic N) is 2. The maximum Gasteiger partial charge on any atom is 0.0555 e. The van der Waals surface area contributed by atoms with E-state index in [0.717, 1.165) is 32.5 Å². The zero-order valence-electron chi connectivity index (χ0n) is 14.0. The Balaban J connectivity index is 2.03. The Morgan fingerprint density at radius 3 is 2.35 bits per heavy atom. The van der Waals surface area contributed by atoms with Crippen molar-refractivity contribution in [3.05, 3.63) is 0 Å². The van der Waals surface area contributed by atoms with Gasteiger partial charge >= 0.3 is 0 Å². The van der Waals surface area contributed by atoms with Crippen LogP contribution < -0.4 is 0 Å². The summed E-state index contributed by atoms with van der Waals surface area (Å²) in [6.07, 6.45) is 11.1. The minimum absolute atomic E-state index is 0.107. The van der Waals surface area contributed by atoms with E-state index < -0.39 is 0 Å². The number of piperazine rings is 1. The summed E-state index contributed by atoms with van der Waals surface area (Å²) in [5, 5.41) is 10.2. The van der Waals surface area contributed by atoms with E-state index in [4.69, 9.17) is 0 Å². The summed E-state index contributed by atoms with van der Waals surface area (Å²) in [5.74, 6) is 0. The van der Waals surface area contributed by atoms with Crippen molar-refractivity contribution in [1.29, 1.82) is 0 Å². The van der Waals surface area contributed by atoms with Gasteiger partial charge in [0.25, 0.3) is 0 Å². The van der Waals surface area contributed by atoms with Gasteiger partial charge < -0.3 is 14.9 Å². The van der Waals surface area contributed by atoms with Crippen molar-refractivity contribution in [3.63, 3.8) is 0 Å². The SMILES string of the molecule is CCCCCCCCCC(O)CC1CN(C)CCN1C. The Labute approximate surface area is 126 Å². The average molecular weight is 284 g/mol. The van der Waals surface area contributed by atoms with Crippen molar-refractivity contribution in [1.82, 2.24) is 9.80 Å². The molecule has 1 saturated heterocycles. The zero-order valence-corrected chi connectivity index (χ0v) is 14.0. The van der Waals surface area contributed by atoms with E-state index in [1.54, 1.807) is 0 Å². The molecule has 1 fully saturated rings. The molecule has 1 aliphatic heterocycles. The molecule has 20 heavy (non-hydrogen) atoms. The fourth-order valence-corrected chi connectivity index (χ4v) is 3.12. The maximum atomic E-state index is 10.2. The van der Waals surface area contributed by atoms with Gasteiger partial charge in [-0.15, -0.1) is 0 Å². The van der Waals surface area contributed by atoms with Gasteiger partial charge in [-0.05, 0) is 26.9 Å². The van der Waals surface area contributed by atoms with E-state index in [-0.39, 0.29) is 6.10 Å². The minimum atomic E-state index is -0.107. The molecule has 0 aliphatic carbocycles. The van der Waals surface area contributed by atoms with Gasteiger partial charge in [0.1, 0.15) is 0 Å². The fourth-order valence-electron chi connectivity index (χ4n) is 3.12. The Morgan fingerprint density at radius 2 is 1.65 bits per heavy atom. The highest BCUT2D eigenvalue weighted by molar-refractivity contribution is 4.80. The molecule has 0 aromatic rings. The monoisotopic (exact) mass is 284 g/mol. The first-order valence-electron chi connectivity index (χ1n) is 8.70. The molecular formula is C17H36N2O. The molecule has 0 amide bonds. The Morgan fingerprint density at radius 1 is 1.00 bits per heavy atom. The van der Waals surface area contributed by atoms with E-state index in [9.17, 15) is 5.11 Å². The van der Waals surface area contributed by atoms with Crippen molar-refractivity contribution >= 4 is 0 Å². The largest absolute Gasteiger partial charge is 0.393 e. The van der Waals surface area contributed by atoms with E-state index in [0.29, 0.717) is 6.04 Å². The highest BCUT2D eigenvalue weighted by atomic mass is 16.3. The van der Waals surface area contributed by atoms with E-state index in [1.807, 2.05) is 0 Å². The van der Waals surface area contributed by atoms with Crippen LogP contribution >= 0.6 is 0 Å². The van der Waals surface area contributed by atoms with Gasteiger partial charge in [0, 0.05) is 25.7 Å². The highest BCUT2D eigenvalue weighted by Gasteiger charge is 2.24. The van der Waals surface area contributed by atoms with Gasteiger partial charge in [-0.25, -0.2) is 0 Å². The maximum absolute atomic E-state index is 10.2. The van der Waals surface area contributed by atoms with Crippen LogP contribution in [0.3, 0.4) is 0 Å². The second-order valence-corrected chi connectivity index (χ2v) is 6.70. The molecular weight excluding hydrogens is 248 g/mol. The number of hydrogen-bond acceptors (Lipinski definition) is 3. The molecule has 0 bridgehead atoms. The number of aliphatic hydroxyl groups excluding tert-OH is 1. The van der Waals surface area contributed by atoms with Crippen molar-refractivity contribution in [2.45, 2.75) is 76.9 Å². The van der Waals surface area contributed by atoms with Crippen molar-refractivity contribution in [2.75, 3.05) is 33.7 Å². The van der Waals surface area contributed by atoms with E-state index in [2.05, 4.69) is 30.8 Å². The van der Waals surface area contributed by atoms with Crippen LogP contribution in [0.15, 0.2) is 0 Å². The van der Waals surface area contributed by atoms with Gasteiger partial charge in [-0.3, -0.25) is 0 Å². The van der Waals surface area contributed by atoms with E-state index in [1.165, 1.54) is 44.9 Å². The van der Waals surface area contributed by atoms with Crippen LogP contribution in [-0.4, -0.2) is 60.8 Å². The summed E-state index contributed by atoms with van der Waals surface area (Å²) in [7, 11) is 4.38. The molecule has 2 atom stereocenters. The lowest BCUT2D eigenvalue weighted by molar-refractivity contribution is 0.0594. The first-order valence-corrected chi connectivity index (χ1v) is 8.70. The molecule has 1 N–H and O–H groups in total. The molecule has 0 saturated carbocycles. The molecule has 3 nitrogen and oxygen atoms in total. The average Bonchev–Trinajstić information content (AvgIpc) is 2.42. The molecule has 1 rings (SSSR count). The van der Waals surface area contributed by atoms with Crippen LogP contribution in [-0.2, 0) is 0 Å². The molecule has 1 heterocycles. The zero-order chi connectivity index (χ0) is 14.8. The number of rotatable bonds is 10.